The van der Waals surface area contributed by atoms with Crippen molar-refractivity contribution in [2.24, 2.45) is 0 Å². The Morgan fingerprint density at radius 1 is 1.15 bits per heavy atom. The molecule has 0 unspecified atom stereocenters. The molecule has 102 valence electrons. The molecule has 0 bridgehead atoms. The summed E-state index contributed by atoms with van der Waals surface area (Å²) in [6.45, 7) is 3.87. The lowest BCUT2D eigenvalue weighted by Crippen LogP contribution is -2.00. The normalized spacial score (nSPS) is 10.9. The topological polar surface area (TPSA) is 78.3 Å². The molecule has 6 heteroatoms. The Morgan fingerprint density at radius 3 is 2.65 bits per heavy atom. The van der Waals surface area contributed by atoms with E-state index in [1.54, 1.807) is 7.11 Å². The number of aryl methyl sites for hydroxylation is 2. The van der Waals surface area contributed by atoms with Gasteiger partial charge in [-0.3, -0.25) is 4.40 Å². The zero-order valence-electron chi connectivity index (χ0n) is 11.6. The fourth-order valence-corrected chi connectivity index (χ4v) is 2.29. The molecule has 3 rings (SSSR count). The molecule has 0 saturated carbocycles. The van der Waals surface area contributed by atoms with E-state index in [-0.39, 0.29) is 0 Å². The van der Waals surface area contributed by atoms with Crippen LogP contribution in [0.1, 0.15) is 11.5 Å². The van der Waals surface area contributed by atoms with Gasteiger partial charge < -0.3 is 10.5 Å². The number of hydrogen-bond donors (Lipinski definition) is 1. The second kappa shape index (κ2) is 4.48. The van der Waals surface area contributed by atoms with Crippen LogP contribution in [0.5, 0.6) is 5.75 Å². The van der Waals surface area contributed by atoms with Crippen molar-refractivity contribution >= 4 is 11.3 Å². The molecular weight excluding hydrogens is 254 g/mol. The summed E-state index contributed by atoms with van der Waals surface area (Å²) < 4.78 is 7.08. The van der Waals surface area contributed by atoms with Crippen molar-refractivity contribution in [2.45, 2.75) is 13.8 Å². The number of benzene rings is 1. The number of hydrogen-bond acceptors (Lipinski definition) is 5. The van der Waals surface area contributed by atoms with Gasteiger partial charge in [0, 0.05) is 17.3 Å². The van der Waals surface area contributed by atoms with E-state index in [9.17, 15) is 0 Å². The SMILES string of the molecule is COc1ccc(-c2nnc3cc(C)nc(C)n23)cc1N. The standard InChI is InChI=1S/C14H15N5O/c1-8-6-13-17-18-14(19(13)9(2)16-8)10-4-5-12(20-3)11(15)7-10/h4-7H,15H2,1-3H3. The quantitative estimate of drug-likeness (QED) is 0.720. The highest BCUT2D eigenvalue weighted by Gasteiger charge is 2.12. The number of fused-ring (bicyclic) bond motifs is 1. The van der Waals surface area contributed by atoms with Gasteiger partial charge in [-0.25, -0.2) is 4.98 Å². The van der Waals surface area contributed by atoms with Crippen molar-refractivity contribution in [2.75, 3.05) is 12.8 Å². The number of nitrogens with two attached hydrogens (primary N) is 1. The van der Waals surface area contributed by atoms with Gasteiger partial charge in [0.1, 0.15) is 11.6 Å². The van der Waals surface area contributed by atoms with E-state index in [0.717, 1.165) is 28.6 Å². The van der Waals surface area contributed by atoms with E-state index >= 15 is 0 Å². The van der Waals surface area contributed by atoms with Crippen molar-refractivity contribution in [1.29, 1.82) is 0 Å². The Bertz CT molecular complexity index is 794. The van der Waals surface area contributed by atoms with Crippen molar-refractivity contribution in [1.82, 2.24) is 19.6 Å². The molecule has 6 nitrogen and oxygen atoms in total. The Morgan fingerprint density at radius 2 is 1.95 bits per heavy atom. The van der Waals surface area contributed by atoms with Gasteiger partial charge in [-0.2, -0.15) is 0 Å². The van der Waals surface area contributed by atoms with Crippen LogP contribution in [-0.4, -0.2) is 26.7 Å². The van der Waals surface area contributed by atoms with Crippen LogP contribution in [0.2, 0.25) is 0 Å². The van der Waals surface area contributed by atoms with Crippen molar-refractivity contribution in [3.05, 3.63) is 35.8 Å². The van der Waals surface area contributed by atoms with E-state index in [0.29, 0.717) is 11.4 Å². The summed E-state index contributed by atoms with van der Waals surface area (Å²) in [5.74, 6) is 2.21. The summed E-state index contributed by atoms with van der Waals surface area (Å²) in [5.41, 5.74) is 9.09. The van der Waals surface area contributed by atoms with Crippen LogP contribution in [-0.2, 0) is 0 Å². The molecule has 0 fully saturated rings. The molecular formula is C14H15N5O. The van der Waals surface area contributed by atoms with E-state index in [4.69, 9.17) is 10.5 Å². The van der Waals surface area contributed by atoms with Crippen LogP contribution in [0.3, 0.4) is 0 Å². The first kappa shape index (κ1) is 12.4. The average Bonchev–Trinajstić information content (AvgIpc) is 2.82. The van der Waals surface area contributed by atoms with Crippen LogP contribution in [0.4, 0.5) is 5.69 Å². The van der Waals surface area contributed by atoms with Crippen LogP contribution >= 0.6 is 0 Å². The third-order valence-corrected chi connectivity index (χ3v) is 3.18. The summed E-state index contributed by atoms with van der Waals surface area (Å²) >= 11 is 0. The first-order chi connectivity index (χ1) is 9.60. The van der Waals surface area contributed by atoms with Crippen LogP contribution in [0.15, 0.2) is 24.3 Å². The van der Waals surface area contributed by atoms with Crippen molar-refractivity contribution in [3.8, 4) is 17.1 Å². The van der Waals surface area contributed by atoms with E-state index < -0.39 is 0 Å². The molecule has 0 atom stereocenters. The lowest BCUT2D eigenvalue weighted by molar-refractivity contribution is 0.417. The molecule has 0 aliphatic heterocycles. The Labute approximate surface area is 116 Å². The molecule has 2 N–H and O–H groups in total. The molecule has 0 aliphatic carbocycles. The summed E-state index contributed by atoms with van der Waals surface area (Å²) in [7, 11) is 1.59. The smallest absolute Gasteiger partial charge is 0.169 e. The fraction of sp³-hybridized carbons (Fsp3) is 0.214. The average molecular weight is 269 g/mol. The van der Waals surface area contributed by atoms with E-state index in [2.05, 4.69) is 15.2 Å². The maximum atomic E-state index is 5.95. The molecule has 1 aromatic carbocycles. The zero-order valence-corrected chi connectivity index (χ0v) is 11.6. The molecule has 0 spiro atoms. The molecule has 2 heterocycles. The van der Waals surface area contributed by atoms with Crippen molar-refractivity contribution < 1.29 is 4.74 Å². The number of ether oxygens (including phenoxy) is 1. The van der Waals surface area contributed by atoms with Crippen LogP contribution in [0.25, 0.3) is 17.0 Å². The number of rotatable bonds is 2. The molecule has 0 aliphatic rings. The predicted molar refractivity (Wildman–Crippen MR) is 76.7 cm³/mol. The lowest BCUT2D eigenvalue weighted by Gasteiger charge is -2.07. The van der Waals surface area contributed by atoms with E-state index in [1.807, 2.05) is 42.5 Å². The van der Waals surface area contributed by atoms with Crippen LogP contribution in [0, 0.1) is 13.8 Å². The summed E-state index contributed by atoms with van der Waals surface area (Å²) in [4.78, 5) is 4.44. The minimum absolute atomic E-state index is 0.569. The molecule has 0 radical (unpaired) electrons. The third-order valence-electron chi connectivity index (χ3n) is 3.18. The van der Waals surface area contributed by atoms with Crippen molar-refractivity contribution in [3.63, 3.8) is 0 Å². The van der Waals surface area contributed by atoms with Gasteiger partial charge in [0.05, 0.1) is 12.8 Å². The maximum Gasteiger partial charge on any atom is 0.169 e. The largest absolute Gasteiger partial charge is 0.495 e. The Hall–Kier alpha value is -2.63. The van der Waals surface area contributed by atoms with Gasteiger partial charge in [-0.1, -0.05) is 0 Å². The lowest BCUT2D eigenvalue weighted by atomic mass is 10.1. The zero-order chi connectivity index (χ0) is 14.3. The number of anilines is 1. The number of aromatic nitrogens is 4. The monoisotopic (exact) mass is 269 g/mol. The first-order valence-corrected chi connectivity index (χ1v) is 6.23. The molecule has 2 aromatic heterocycles. The number of nitrogen functional groups attached to an aromatic ring is 1. The van der Waals surface area contributed by atoms with Gasteiger partial charge in [-0.05, 0) is 32.0 Å². The van der Waals surface area contributed by atoms with Gasteiger partial charge in [-0.15, -0.1) is 10.2 Å². The highest BCUT2D eigenvalue weighted by Crippen LogP contribution is 2.28. The van der Waals surface area contributed by atoms with Crippen LogP contribution < -0.4 is 10.5 Å². The first-order valence-electron chi connectivity index (χ1n) is 6.23. The predicted octanol–water partition coefficient (Wildman–Crippen LogP) is 2.00. The van der Waals surface area contributed by atoms with Gasteiger partial charge in [0.2, 0.25) is 0 Å². The van der Waals surface area contributed by atoms with Gasteiger partial charge in [0.15, 0.2) is 11.5 Å². The number of nitrogens with zero attached hydrogens (tertiary/aromatic N) is 4. The summed E-state index contributed by atoms with van der Waals surface area (Å²) in [5, 5.41) is 8.43. The third kappa shape index (κ3) is 1.85. The molecule has 0 saturated heterocycles. The molecule has 3 aromatic rings. The minimum Gasteiger partial charge on any atom is -0.495 e. The summed E-state index contributed by atoms with van der Waals surface area (Å²) in [6.07, 6.45) is 0. The highest BCUT2D eigenvalue weighted by molar-refractivity contribution is 5.68. The maximum absolute atomic E-state index is 5.95. The minimum atomic E-state index is 0.569. The Kier molecular flexibility index (Phi) is 2.78. The second-order valence-corrected chi connectivity index (χ2v) is 4.62. The Balaban J connectivity index is 2.22. The second-order valence-electron chi connectivity index (χ2n) is 4.62. The van der Waals surface area contributed by atoms with E-state index in [1.165, 1.54) is 0 Å². The number of methoxy groups -OCH3 is 1. The highest BCUT2D eigenvalue weighted by atomic mass is 16.5. The van der Waals surface area contributed by atoms with Gasteiger partial charge in [0.25, 0.3) is 0 Å². The molecule has 20 heavy (non-hydrogen) atoms. The summed E-state index contributed by atoms with van der Waals surface area (Å²) in [6, 6.07) is 7.46. The van der Waals surface area contributed by atoms with Gasteiger partial charge >= 0.3 is 0 Å². The fourth-order valence-electron chi connectivity index (χ4n) is 2.29. The molecule has 0 amide bonds.